The van der Waals surface area contributed by atoms with E-state index in [4.69, 9.17) is 9.47 Å². The Bertz CT molecular complexity index is 484. The summed E-state index contributed by atoms with van der Waals surface area (Å²) in [6.07, 6.45) is 1.72. The van der Waals surface area contributed by atoms with Gasteiger partial charge in [0.2, 0.25) is 0 Å². The molecule has 1 amide bonds. The second kappa shape index (κ2) is 7.25. The first kappa shape index (κ1) is 15.5. The third kappa shape index (κ3) is 3.33. The molecule has 3 atom stereocenters. The fraction of sp³-hybridized carbons (Fsp3) is 0.611. The van der Waals surface area contributed by atoms with E-state index in [0.717, 1.165) is 25.9 Å². The van der Waals surface area contributed by atoms with Crippen LogP contribution >= 0.6 is 0 Å². The molecule has 2 fully saturated rings. The Balaban J connectivity index is 1.65. The van der Waals surface area contributed by atoms with Crippen molar-refractivity contribution in [3.63, 3.8) is 0 Å². The molecular weight excluding hydrogens is 278 g/mol. The summed E-state index contributed by atoms with van der Waals surface area (Å²) >= 11 is 0. The highest BCUT2D eigenvalue weighted by atomic mass is 16.6. The van der Waals surface area contributed by atoms with E-state index in [1.807, 2.05) is 4.90 Å². The fourth-order valence-corrected chi connectivity index (χ4v) is 3.62. The van der Waals surface area contributed by atoms with Gasteiger partial charge in [0, 0.05) is 13.1 Å². The Hall–Kier alpha value is -1.39. The van der Waals surface area contributed by atoms with Crippen LogP contribution in [0.3, 0.4) is 0 Å². The van der Waals surface area contributed by atoms with Crippen LogP contribution in [0.2, 0.25) is 0 Å². The van der Waals surface area contributed by atoms with Crippen LogP contribution in [0.4, 0.5) is 0 Å². The number of hydrogen-bond acceptors (Lipinski definition) is 3. The molecule has 1 aromatic rings. The maximum Gasteiger partial charge on any atom is 0.254 e. The number of ether oxygens (including phenoxy) is 2. The minimum atomic E-state index is -0.403. The van der Waals surface area contributed by atoms with E-state index in [1.54, 1.807) is 0 Å². The number of amides is 1. The van der Waals surface area contributed by atoms with Crippen molar-refractivity contribution in [3.8, 4) is 0 Å². The molecule has 120 valence electrons. The van der Waals surface area contributed by atoms with Crippen LogP contribution in [0.25, 0.3) is 0 Å². The van der Waals surface area contributed by atoms with E-state index in [1.165, 1.54) is 5.56 Å². The van der Waals surface area contributed by atoms with Crippen LogP contribution in [0.15, 0.2) is 30.3 Å². The van der Waals surface area contributed by atoms with Crippen molar-refractivity contribution in [2.45, 2.75) is 31.8 Å². The number of benzene rings is 1. The van der Waals surface area contributed by atoms with Gasteiger partial charge >= 0.3 is 0 Å². The fourth-order valence-electron chi connectivity index (χ4n) is 3.62. The highest BCUT2D eigenvalue weighted by Gasteiger charge is 2.34. The molecule has 0 aliphatic carbocycles. The molecule has 0 aromatic heterocycles. The average Bonchev–Trinajstić information content (AvgIpc) is 2.62. The first-order valence-electron chi connectivity index (χ1n) is 8.32. The number of hydrogen-bond donors (Lipinski definition) is 0. The van der Waals surface area contributed by atoms with Gasteiger partial charge in [0.1, 0.15) is 0 Å². The summed E-state index contributed by atoms with van der Waals surface area (Å²) < 4.78 is 10.9. The Morgan fingerprint density at radius 2 is 2.09 bits per heavy atom. The number of rotatable bonds is 3. The first-order chi connectivity index (χ1) is 10.8. The molecule has 2 aliphatic rings. The normalized spacial score (nSPS) is 29.3. The number of carbonyl (C=O) groups excluding carboxylic acids is 1. The Morgan fingerprint density at radius 3 is 2.77 bits per heavy atom. The van der Waals surface area contributed by atoms with Gasteiger partial charge in [-0.3, -0.25) is 4.79 Å². The van der Waals surface area contributed by atoms with Crippen molar-refractivity contribution in [1.29, 1.82) is 0 Å². The van der Waals surface area contributed by atoms with Crippen LogP contribution in [0, 0.1) is 5.92 Å². The van der Waals surface area contributed by atoms with Gasteiger partial charge in [-0.15, -0.1) is 0 Å². The standard InChI is InChI=1S/C18H25NO3/c1-2-14-12-19(18(20)17-13-21-10-11-22-17)9-8-16(14)15-6-4-3-5-7-15/h3-7,14,16-17H,2,8-13H2,1H3. The van der Waals surface area contributed by atoms with Gasteiger partial charge in [0.15, 0.2) is 6.10 Å². The van der Waals surface area contributed by atoms with Crippen molar-refractivity contribution in [3.05, 3.63) is 35.9 Å². The van der Waals surface area contributed by atoms with Crippen molar-refractivity contribution < 1.29 is 14.3 Å². The molecule has 22 heavy (non-hydrogen) atoms. The van der Waals surface area contributed by atoms with Gasteiger partial charge in [-0.1, -0.05) is 43.7 Å². The highest BCUT2D eigenvalue weighted by Crippen LogP contribution is 2.35. The third-order valence-corrected chi connectivity index (χ3v) is 4.89. The van der Waals surface area contributed by atoms with E-state index in [0.29, 0.717) is 31.7 Å². The molecule has 3 unspecified atom stereocenters. The monoisotopic (exact) mass is 303 g/mol. The van der Waals surface area contributed by atoms with Crippen LogP contribution in [0.1, 0.15) is 31.2 Å². The van der Waals surface area contributed by atoms with Gasteiger partial charge in [0.05, 0.1) is 19.8 Å². The second-order valence-corrected chi connectivity index (χ2v) is 6.19. The van der Waals surface area contributed by atoms with Gasteiger partial charge in [-0.25, -0.2) is 0 Å². The lowest BCUT2D eigenvalue weighted by atomic mass is 9.79. The highest BCUT2D eigenvalue weighted by molar-refractivity contribution is 5.81. The summed E-state index contributed by atoms with van der Waals surface area (Å²) in [6.45, 7) is 5.37. The smallest absolute Gasteiger partial charge is 0.254 e. The van der Waals surface area contributed by atoms with Gasteiger partial charge in [-0.05, 0) is 23.8 Å². The largest absolute Gasteiger partial charge is 0.376 e. The second-order valence-electron chi connectivity index (χ2n) is 6.19. The summed E-state index contributed by atoms with van der Waals surface area (Å²) in [5, 5.41) is 0. The lowest BCUT2D eigenvalue weighted by Gasteiger charge is -2.40. The van der Waals surface area contributed by atoms with E-state index >= 15 is 0 Å². The molecule has 0 bridgehead atoms. The first-order valence-corrected chi connectivity index (χ1v) is 8.32. The van der Waals surface area contributed by atoms with Gasteiger partial charge in [0.25, 0.3) is 5.91 Å². The molecule has 0 radical (unpaired) electrons. The third-order valence-electron chi connectivity index (χ3n) is 4.89. The van der Waals surface area contributed by atoms with Crippen molar-refractivity contribution in [2.75, 3.05) is 32.9 Å². The molecule has 4 nitrogen and oxygen atoms in total. The Morgan fingerprint density at radius 1 is 1.27 bits per heavy atom. The van der Waals surface area contributed by atoms with Crippen LogP contribution in [-0.4, -0.2) is 49.8 Å². The quantitative estimate of drug-likeness (QED) is 0.861. The molecule has 1 aromatic carbocycles. The molecular formula is C18H25NO3. The molecule has 2 heterocycles. The van der Waals surface area contributed by atoms with E-state index in [2.05, 4.69) is 37.3 Å². The average molecular weight is 303 g/mol. The molecule has 0 saturated carbocycles. The lowest BCUT2D eigenvalue weighted by Crippen LogP contribution is -2.50. The topological polar surface area (TPSA) is 38.8 Å². The molecule has 2 aliphatic heterocycles. The van der Waals surface area contributed by atoms with Gasteiger partial charge < -0.3 is 14.4 Å². The van der Waals surface area contributed by atoms with Crippen LogP contribution in [0.5, 0.6) is 0 Å². The minimum absolute atomic E-state index is 0.102. The summed E-state index contributed by atoms with van der Waals surface area (Å²) in [6, 6.07) is 10.7. The molecule has 0 spiro atoms. The summed E-state index contributed by atoms with van der Waals surface area (Å²) in [7, 11) is 0. The maximum absolute atomic E-state index is 12.6. The summed E-state index contributed by atoms with van der Waals surface area (Å²) in [5.41, 5.74) is 1.40. The number of carbonyl (C=O) groups is 1. The lowest BCUT2D eigenvalue weighted by molar-refractivity contribution is -0.159. The number of likely N-dealkylation sites (tertiary alicyclic amines) is 1. The van der Waals surface area contributed by atoms with Crippen molar-refractivity contribution >= 4 is 5.91 Å². The molecule has 4 heteroatoms. The molecule has 0 N–H and O–H groups in total. The predicted molar refractivity (Wildman–Crippen MR) is 84.7 cm³/mol. The van der Waals surface area contributed by atoms with Gasteiger partial charge in [-0.2, -0.15) is 0 Å². The number of piperidine rings is 1. The molecule has 3 rings (SSSR count). The van der Waals surface area contributed by atoms with Crippen LogP contribution < -0.4 is 0 Å². The van der Waals surface area contributed by atoms with E-state index < -0.39 is 6.10 Å². The Kier molecular flexibility index (Phi) is 5.11. The number of nitrogens with zero attached hydrogens (tertiary/aromatic N) is 1. The van der Waals surface area contributed by atoms with Crippen molar-refractivity contribution in [1.82, 2.24) is 4.90 Å². The zero-order chi connectivity index (χ0) is 15.4. The predicted octanol–water partition coefficient (Wildman–Crippen LogP) is 2.44. The van der Waals surface area contributed by atoms with Crippen molar-refractivity contribution in [2.24, 2.45) is 5.92 Å². The SMILES string of the molecule is CCC1CN(C(=O)C2COCCO2)CCC1c1ccccc1. The molecule has 2 saturated heterocycles. The van der Waals surface area contributed by atoms with Crippen LogP contribution in [-0.2, 0) is 14.3 Å². The minimum Gasteiger partial charge on any atom is -0.376 e. The van der Waals surface area contributed by atoms with E-state index in [9.17, 15) is 4.79 Å². The zero-order valence-electron chi connectivity index (χ0n) is 13.2. The zero-order valence-corrected chi connectivity index (χ0v) is 13.2. The maximum atomic E-state index is 12.6. The summed E-state index contributed by atoms with van der Waals surface area (Å²) in [5.74, 6) is 1.17. The summed E-state index contributed by atoms with van der Waals surface area (Å²) in [4.78, 5) is 14.6. The van der Waals surface area contributed by atoms with E-state index in [-0.39, 0.29) is 5.91 Å². The Labute approximate surface area is 132 Å².